The Morgan fingerprint density at radius 1 is 0.952 bits per heavy atom. The van der Waals surface area contributed by atoms with Gasteiger partial charge in [0.2, 0.25) is 0 Å². The molecule has 0 aromatic rings. The highest BCUT2D eigenvalue weighted by molar-refractivity contribution is 5.02. The lowest BCUT2D eigenvalue weighted by Gasteiger charge is -2.46. The van der Waals surface area contributed by atoms with Gasteiger partial charge in [0.25, 0.3) is 0 Å². The second kappa shape index (κ2) is 10.6. The molecule has 21 heavy (non-hydrogen) atoms. The minimum Gasteiger partial charge on any atom is -0.297 e. The number of nitrogens with one attached hydrogen (secondary N) is 1. The SMILES string of the molecule is CCCCCCCCC(NN)C1(N(CC)CC)CCCC1. The Morgan fingerprint density at radius 3 is 2.05 bits per heavy atom. The second-order valence-corrected chi connectivity index (χ2v) is 6.76. The first-order valence-electron chi connectivity index (χ1n) is 9.46. The Bertz CT molecular complexity index is 245. The second-order valence-electron chi connectivity index (χ2n) is 6.76. The van der Waals surface area contributed by atoms with E-state index in [9.17, 15) is 0 Å². The fourth-order valence-electron chi connectivity index (χ4n) is 4.36. The van der Waals surface area contributed by atoms with E-state index < -0.39 is 0 Å². The van der Waals surface area contributed by atoms with Gasteiger partial charge in [0, 0.05) is 11.6 Å². The van der Waals surface area contributed by atoms with E-state index in [0.29, 0.717) is 11.6 Å². The number of unbranched alkanes of at least 4 members (excludes halogenated alkanes) is 5. The van der Waals surface area contributed by atoms with E-state index in [0.717, 1.165) is 13.1 Å². The standard InChI is InChI=1S/C18H39N3/c1-4-7-8-9-10-11-14-17(20-19)18(15-12-13-16-18)21(5-2)6-3/h17,20H,4-16,19H2,1-3H3. The molecule has 126 valence electrons. The van der Waals surface area contributed by atoms with Crippen LogP contribution in [0, 0.1) is 0 Å². The molecular weight excluding hydrogens is 258 g/mol. The lowest BCUT2D eigenvalue weighted by atomic mass is 9.83. The van der Waals surface area contributed by atoms with Gasteiger partial charge in [-0.15, -0.1) is 0 Å². The van der Waals surface area contributed by atoms with Crippen LogP contribution in [0.25, 0.3) is 0 Å². The van der Waals surface area contributed by atoms with Gasteiger partial charge >= 0.3 is 0 Å². The monoisotopic (exact) mass is 297 g/mol. The molecule has 0 radical (unpaired) electrons. The van der Waals surface area contributed by atoms with Gasteiger partial charge in [0.05, 0.1) is 0 Å². The van der Waals surface area contributed by atoms with Crippen LogP contribution in [0.2, 0.25) is 0 Å². The number of likely N-dealkylation sites (N-methyl/N-ethyl adjacent to an activating group) is 1. The zero-order valence-corrected chi connectivity index (χ0v) is 14.8. The average molecular weight is 298 g/mol. The van der Waals surface area contributed by atoms with E-state index in [1.165, 1.54) is 70.6 Å². The summed E-state index contributed by atoms with van der Waals surface area (Å²) < 4.78 is 0. The molecule has 0 aromatic carbocycles. The minimum absolute atomic E-state index is 0.321. The predicted octanol–water partition coefficient (Wildman–Crippen LogP) is 4.22. The lowest BCUT2D eigenvalue weighted by molar-refractivity contribution is 0.0586. The summed E-state index contributed by atoms with van der Waals surface area (Å²) in [5, 5.41) is 0. The molecule has 0 spiro atoms. The van der Waals surface area contributed by atoms with Crippen molar-refractivity contribution in [2.24, 2.45) is 5.84 Å². The van der Waals surface area contributed by atoms with Crippen molar-refractivity contribution in [2.45, 2.75) is 103 Å². The molecule has 1 fully saturated rings. The molecule has 1 atom stereocenters. The van der Waals surface area contributed by atoms with E-state index in [-0.39, 0.29) is 0 Å². The summed E-state index contributed by atoms with van der Waals surface area (Å²) in [6.07, 6.45) is 14.8. The molecule has 0 heterocycles. The van der Waals surface area contributed by atoms with Gasteiger partial charge in [-0.1, -0.05) is 72.1 Å². The summed E-state index contributed by atoms with van der Waals surface area (Å²) in [5.41, 5.74) is 3.52. The largest absolute Gasteiger partial charge is 0.297 e. The highest BCUT2D eigenvalue weighted by atomic mass is 15.3. The quantitative estimate of drug-likeness (QED) is 0.322. The molecule has 3 N–H and O–H groups in total. The molecule has 1 unspecified atom stereocenters. The maximum absolute atomic E-state index is 5.97. The van der Waals surface area contributed by atoms with E-state index in [1.54, 1.807) is 0 Å². The van der Waals surface area contributed by atoms with Crippen molar-refractivity contribution < 1.29 is 0 Å². The Hall–Kier alpha value is -0.120. The summed E-state index contributed by atoms with van der Waals surface area (Å²) in [7, 11) is 0. The van der Waals surface area contributed by atoms with Crippen molar-refractivity contribution in [3.63, 3.8) is 0 Å². The lowest BCUT2D eigenvalue weighted by Crippen LogP contribution is -2.61. The van der Waals surface area contributed by atoms with Gasteiger partial charge < -0.3 is 0 Å². The maximum atomic E-state index is 5.97. The van der Waals surface area contributed by atoms with Crippen LogP contribution in [0.3, 0.4) is 0 Å². The Morgan fingerprint density at radius 2 is 1.52 bits per heavy atom. The zero-order valence-electron chi connectivity index (χ0n) is 14.8. The average Bonchev–Trinajstić information content (AvgIpc) is 2.98. The fraction of sp³-hybridized carbons (Fsp3) is 1.00. The summed E-state index contributed by atoms with van der Waals surface area (Å²) in [4.78, 5) is 2.67. The van der Waals surface area contributed by atoms with Crippen molar-refractivity contribution in [2.75, 3.05) is 13.1 Å². The van der Waals surface area contributed by atoms with Crippen molar-refractivity contribution in [3.8, 4) is 0 Å². The van der Waals surface area contributed by atoms with Crippen LogP contribution in [-0.4, -0.2) is 29.6 Å². The van der Waals surface area contributed by atoms with Crippen LogP contribution in [0.4, 0.5) is 0 Å². The molecule has 0 aromatic heterocycles. The minimum atomic E-state index is 0.321. The Balaban J connectivity index is 2.50. The van der Waals surface area contributed by atoms with Crippen molar-refractivity contribution in [1.82, 2.24) is 10.3 Å². The topological polar surface area (TPSA) is 41.3 Å². The van der Waals surface area contributed by atoms with Gasteiger partial charge in [0.15, 0.2) is 0 Å². The Labute approximate surface area is 133 Å². The smallest absolute Gasteiger partial charge is 0.0394 e. The van der Waals surface area contributed by atoms with E-state index in [1.807, 2.05) is 0 Å². The molecule has 0 saturated heterocycles. The molecule has 0 bridgehead atoms. The number of hydrogen-bond donors (Lipinski definition) is 2. The Kier molecular flexibility index (Phi) is 9.54. The first-order valence-corrected chi connectivity index (χ1v) is 9.46. The maximum Gasteiger partial charge on any atom is 0.0394 e. The zero-order chi connectivity index (χ0) is 15.6. The number of nitrogens with two attached hydrogens (primary N) is 1. The third kappa shape index (κ3) is 5.22. The third-order valence-electron chi connectivity index (χ3n) is 5.56. The molecule has 1 aliphatic rings. The van der Waals surface area contributed by atoms with Crippen molar-refractivity contribution in [1.29, 1.82) is 0 Å². The summed E-state index contributed by atoms with van der Waals surface area (Å²) in [5.74, 6) is 5.97. The first kappa shape index (κ1) is 18.9. The third-order valence-corrected chi connectivity index (χ3v) is 5.56. The highest BCUT2D eigenvalue weighted by Crippen LogP contribution is 2.39. The van der Waals surface area contributed by atoms with Crippen molar-refractivity contribution >= 4 is 0 Å². The van der Waals surface area contributed by atoms with Crippen LogP contribution in [-0.2, 0) is 0 Å². The molecule has 3 heteroatoms. The summed E-state index contributed by atoms with van der Waals surface area (Å²) >= 11 is 0. The van der Waals surface area contributed by atoms with Crippen LogP contribution in [0.5, 0.6) is 0 Å². The predicted molar refractivity (Wildman–Crippen MR) is 93.2 cm³/mol. The van der Waals surface area contributed by atoms with Crippen LogP contribution in [0.1, 0.15) is 91.4 Å². The summed E-state index contributed by atoms with van der Waals surface area (Å²) in [6.45, 7) is 9.16. The highest BCUT2D eigenvalue weighted by Gasteiger charge is 2.44. The molecule has 1 rings (SSSR count). The van der Waals surface area contributed by atoms with Gasteiger partial charge in [0.1, 0.15) is 0 Å². The number of rotatable bonds is 12. The van der Waals surface area contributed by atoms with Gasteiger partial charge in [-0.3, -0.25) is 16.2 Å². The van der Waals surface area contributed by atoms with Crippen LogP contribution < -0.4 is 11.3 Å². The molecule has 3 nitrogen and oxygen atoms in total. The molecule has 1 aliphatic carbocycles. The number of hydrogen-bond acceptors (Lipinski definition) is 3. The number of hydrazine groups is 1. The van der Waals surface area contributed by atoms with Gasteiger partial charge in [-0.05, 0) is 32.4 Å². The van der Waals surface area contributed by atoms with E-state index in [4.69, 9.17) is 5.84 Å². The fourth-order valence-corrected chi connectivity index (χ4v) is 4.36. The van der Waals surface area contributed by atoms with Crippen molar-refractivity contribution in [3.05, 3.63) is 0 Å². The van der Waals surface area contributed by atoms with Crippen LogP contribution >= 0.6 is 0 Å². The van der Waals surface area contributed by atoms with E-state index >= 15 is 0 Å². The molecule has 1 saturated carbocycles. The first-order chi connectivity index (χ1) is 10.2. The molecule has 0 aliphatic heterocycles. The van der Waals surface area contributed by atoms with Gasteiger partial charge in [-0.25, -0.2) is 0 Å². The normalized spacial score (nSPS) is 19.3. The van der Waals surface area contributed by atoms with E-state index in [2.05, 4.69) is 31.1 Å². The van der Waals surface area contributed by atoms with Crippen LogP contribution in [0.15, 0.2) is 0 Å². The molecule has 0 amide bonds. The van der Waals surface area contributed by atoms with Gasteiger partial charge in [-0.2, -0.15) is 0 Å². The molecular formula is C18H39N3. The summed E-state index contributed by atoms with van der Waals surface area (Å²) in [6, 6.07) is 0.464. The number of nitrogens with zero attached hydrogens (tertiary/aromatic N) is 1.